The third kappa shape index (κ3) is 2.62. The van der Waals surface area contributed by atoms with Crippen molar-refractivity contribution in [2.24, 2.45) is 0 Å². The quantitative estimate of drug-likeness (QED) is 0.645. The van der Waals surface area contributed by atoms with Crippen LogP contribution in [0.1, 0.15) is 21.6 Å². The molecule has 2 aromatic rings. The number of rotatable bonds is 4. The third-order valence-electron chi connectivity index (χ3n) is 2.26. The smallest absolute Gasteiger partial charge is 0.346 e. The molecular weight excluding hydrogens is 256 g/mol. The van der Waals surface area contributed by atoms with E-state index in [-0.39, 0.29) is 10.6 Å². The maximum Gasteiger partial charge on any atom is 0.346 e. The van der Waals surface area contributed by atoms with Gasteiger partial charge in [0, 0.05) is 17.0 Å². The molecule has 2 heterocycles. The van der Waals surface area contributed by atoms with Crippen molar-refractivity contribution in [1.82, 2.24) is 9.97 Å². The fourth-order valence-electron chi connectivity index (χ4n) is 1.44. The predicted molar refractivity (Wildman–Crippen MR) is 64.8 cm³/mol. The molecule has 0 bridgehead atoms. The minimum Gasteiger partial charge on any atom is -0.478 e. The van der Waals surface area contributed by atoms with Crippen molar-refractivity contribution in [3.63, 3.8) is 0 Å². The van der Waals surface area contributed by atoms with Gasteiger partial charge < -0.3 is 14.5 Å². The summed E-state index contributed by atoms with van der Waals surface area (Å²) in [5, 5.41) is 9.31. The number of hydrogen-bond acceptors (Lipinski definition) is 5. The fraction of sp³-hybridized carbons (Fsp3) is 0.182. The summed E-state index contributed by atoms with van der Waals surface area (Å²) in [6.07, 6.45) is 3.10. The highest BCUT2D eigenvalue weighted by molar-refractivity contribution is 7.98. The van der Waals surface area contributed by atoms with E-state index < -0.39 is 11.7 Å². The maximum absolute atomic E-state index is 11.3. The number of nitrogens with zero attached hydrogens (tertiary/aromatic N) is 1. The number of thioether (sulfide) groups is 1. The lowest BCUT2D eigenvalue weighted by molar-refractivity contribution is 0.0690. The largest absolute Gasteiger partial charge is 0.478 e. The van der Waals surface area contributed by atoms with Crippen LogP contribution in [0.4, 0.5) is 0 Å². The molecule has 2 N–H and O–H groups in total. The second-order valence-electron chi connectivity index (χ2n) is 3.57. The van der Waals surface area contributed by atoms with Gasteiger partial charge in [-0.2, -0.15) is 4.98 Å². The van der Waals surface area contributed by atoms with Crippen LogP contribution in [-0.4, -0.2) is 21.0 Å². The number of aromatic amines is 1. The van der Waals surface area contributed by atoms with Gasteiger partial charge in [0.2, 0.25) is 0 Å². The number of nitrogens with one attached hydrogen (secondary N) is 1. The van der Waals surface area contributed by atoms with Gasteiger partial charge in [-0.15, -0.1) is 11.8 Å². The molecule has 0 unspecified atom stereocenters. The third-order valence-corrected chi connectivity index (χ3v) is 3.30. The second kappa shape index (κ2) is 5.09. The molecule has 18 heavy (non-hydrogen) atoms. The molecule has 94 valence electrons. The zero-order chi connectivity index (χ0) is 13.1. The average Bonchev–Trinajstić information content (AvgIpc) is 2.77. The van der Waals surface area contributed by atoms with Crippen molar-refractivity contribution in [2.75, 3.05) is 0 Å². The first-order chi connectivity index (χ1) is 8.58. The minimum absolute atomic E-state index is 0.0306. The minimum atomic E-state index is -1.11. The summed E-state index contributed by atoms with van der Waals surface area (Å²) in [4.78, 5) is 28.4. The molecule has 2 aromatic heterocycles. The zero-order valence-corrected chi connectivity index (χ0v) is 10.3. The van der Waals surface area contributed by atoms with Crippen LogP contribution in [0.15, 0.2) is 32.8 Å². The van der Waals surface area contributed by atoms with Crippen molar-refractivity contribution in [1.29, 1.82) is 0 Å². The second-order valence-corrected chi connectivity index (χ2v) is 4.54. The number of carbonyl (C=O) groups is 1. The van der Waals surface area contributed by atoms with E-state index in [4.69, 9.17) is 9.52 Å². The summed E-state index contributed by atoms with van der Waals surface area (Å²) in [5.41, 5.74) is 0.684. The van der Waals surface area contributed by atoms with Gasteiger partial charge in [-0.1, -0.05) is 0 Å². The monoisotopic (exact) mass is 266 g/mol. The Morgan fingerprint density at radius 3 is 3.00 bits per heavy atom. The molecule has 0 saturated heterocycles. The van der Waals surface area contributed by atoms with E-state index in [1.165, 1.54) is 24.9 Å². The normalized spacial score (nSPS) is 10.5. The standard InChI is InChI=1S/C11H10N2O4S/c1-6-8(10(14)15)9(13-11(16)12-6)18-5-7-2-3-17-4-7/h2-4H,5H2,1H3,(H,14,15)(H,12,13,16). The number of carboxylic acids is 1. The highest BCUT2D eigenvalue weighted by Crippen LogP contribution is 2.24. The first-order valence-corrected chi connectivity index (χ1v) is 6.04. The van der Waals surface area contributed by atoms with Crippen LogP contribution in [0.3, 0.4) is 0 Å². The average molecular weight is 266 g/mol. The molecule has 0 saturated carbocycles. The molecule has 0 aliphatic carbocycles. The van der Waals surface area contributed by atoms with Crippen LogP contribution in [0, 0.1) is 6.92 Å². The van der Waals surface area contributed by atoms with Crippen molar-refractivity contribution >= 4 is 17.7 Å². The Labute approximate surface area is 106 Å². The van der Waals surface area contributed by atoms with Gasteiger partial charge >= 0.3 is 11.7 Å². The molecule has 0 amide bonds. The predicted octanol–water partition coefficient (Wildman–Crippen LogP) is 1.66. The Morgan fingerprint density at radius 1 is 1.61 bits per heavy atom. The molecule has 0 aliphatic rings. The maximum atomic E-state index is 11.3. The van der Waals surface area contributed by atoms with Gasteiger partial charge in [0.1, 0.15) is 10.6 Å². The number of aromatic nitrogens is 2. The summed E-state index contributed by atoms with van der Waals surface area (Å²) in [6, 6.07) is 1.77. The van der Waals surface area contributed by atoms with Crippen LogP contribution >= 0.6 is 11.8 Å². The first-order valence-electron chi connectivity index (χ1n) is 5.06. The van der Waals surface area contributed by atoms with Crippen molar-refractivity contribution in [2.45, 2.75) is 17.7 Å². The summed E-state index contributed by atoms with van der Waals surface area (Å²) < 4.78 is 4.91. The SMILES string of the molecule is Cc1[nH]c(=O)nc(SCc2ccoc2)c1C(=O)O. The van der Waals surface area contributed by atoms with Crippen LogP contribution in [0.2, 0.25) is 0 Å². The Morgan fingerprint density at radius 2 is 2.39 bits per heavy atom. The number of furan rings is 1. The van der Waals surface area contributed by atoms with E-state index in [2.05, 4.69) is 9.97 Å². The van der Waals surface area contributed by atoms with Gasteiger partial charge in [0.25, 0.3) is 0 Å². The van der Waals surface area contributed by atoms with Crippen molar-refractivity contribution < 1.29 is 14.3 Å². The van der Waals surface area contributed by atoms with Gasteiger partial charge in [-0.3, -0.25) is 0 Å². The lowest BCUT2D eigenvalue weighted by atomic mass is 10.2. The number of hydrogen-bond donors (Lipinski definition) is 2. The molecule has 0 spiro atoms. The van der Waals surface area contributed by atoms with E-state index in [0.717, 1.165) is 5.56 Å². The van der Waals surface area contributed by atoms with Crippen LogP contribution < -0.4 is 5.69 Å². The number of aryl methyl sites for hydroxylation is 1. The highest BCUT2D eigenvalue weighted by atomic mass is 32.2. The van der Waals surface area contributed by atoms with Crippen molar-refractivity contribution in [3.05, 3.63) is 45.9 Å². The lowest BCUT2D eigenvalue weighted by Crippen LogP contribution is -2.18. The molecule has 0 fully saturated rings. The van der Waals surface area contributed by atoms with Gasteiger partial charge in [0.05, 0.1) is 12.5 Å². The van der Waals surface area contributed by atoms with Gasteiger partial charge in [0.15, 0.2) is 0 Å². The molecule has 6 nitrogen and oxygen atoms in total. The first kappa shape index (κ1) is 12.4. The highest BCUT2D eigenvalue weighted by Gasteiger charge is 2.17. The van der Waals surface area contributed by atoms with Gasteiger partial charge in [-0.05, 0) is 13.0 Å². The van der Waals surface area contributed by atoms with Crippen LogP contribution in [-0.2, 0) is 5.75 Å². The topological polar surface area (TPSA) is 96.2 Å². The number of carboxylic acid groups (broad SMARTS) is 1. The Balaban J connectivity index is 2.31. The molecule has 2 rings (SSSR count). The number of H-pyrrole nitrogens is 1. The Kier molecular flexibility index (Phi) is 3.52. The molecule has 0 atom stereocenters. The fourth-order valence-corrected chi connectivity index (χ4v) is 2.44. The van der Waals surface area contributed by atoms with E-state index in [1.807, 2.05) is 0 Å². The van der Waals surface area contributed by atoms with Crippen molar-refractivity contribution in [3.8, 4) is 0 Å². The summed E-state index contributed by atoms with van der Waals surface area (Å²) in [7, 11) is 0. The van der Waals surface area contributed by atoms with E-state index in [0.29, 0.717) is 11.4 Å². The van der Waals surface area contributed by atoms with Crippen LogP contribution in [0.25, 0.3) is 0 Å². The molecular formula is C11H10N2O4S. The van der Waals surface area contributed by atoms with Crippen LogP contribution in [0.5, 0.6) is 0 Å². The van der Waals surface area contributed by atoms with Gasteiger partial charge in [-0.25, -0.2) is 9.59 Å². The zero-order valence-electron chi connectivity index (χ0n) is 9.47. The molecule has 7 heteroatoms. The molecule has 0 aliphatic heterocycles. The number of aromatic carboxylic acids is 1. The van der Waals surface area contributed by atoms with E-state index in [9.17, 15) is 9.59 Å². The molecule has 0 radical (unpaired) electrons. The van der Waals surface area contributed by atoms with E-state index >= 15 is 0 Å². The van der Waals surface area contributed by atoms with E-state index in [1.54, 1.807) is 12.3 Å². The lowest BCUT2D eigenvalue weighted by Gasteiger charge is -2.05. The summed E-state index contributed by atoms with van der Waals surface area (Å²) in [5.74, 6) is -0.613. The summed E-state index contributed by atoms with van der Waals surface area (Å²) >= 11 is 1.19. The molecule has 0 aromatic carbocycles. The summed E-state index contributed by atoms with van der Waals surface area (Å²) in [6.45, 7) is 1.54. The Hall–Kier alpha value is -2.02. The Bertz CT molecular complexity index is 618.